The summed E-state index contributed by atoms with van der Waals surface area (Å²) in [5.74, 6) is 0. The lowest BCUT2D eigenvalue weighted by Gasteiger charge is -2.33. The van der Waals surface area contributed by atoms with Gasteiger partial charge in [0, 0.05) is 25.3 Å². The van der Waals surface area contributed by atoms with E-state index in [-0.39, 0.29) is 0 Å². The standard InChI is InChI=1S/C19H31N3/c1-7-9-19-21(6)17-11-10-16(8-2)12-18(17)22(19)13-15(5)20-14(3)4/h10-12,15,19-20H,3,7-9,13H2,1-2,4-6H3. The molecule has 0 aliphatic carbocycles. The third-order valence-electron chi connectivity index (χ3n) is 4.45. The smallest absolute Gasteiger partial charge is 0.101 e. The molecule has 1 aliphatic rings. The summed E-state index contributed by atoms with van der Waals surface area (Å²) in [7, 11) is 2.22. The van der Waals surface area contributed by atoms with Crippen molar-refractivity contribution < 1.29 is 0 Å². The van der Waals surface area contributed by atoms with Gasteiger partial charge < -0.3 is 15.1 Å². The molecule has 3 nitrogen and oxygen atoms in total. The number of benzene rings is 1. The monoisotopic (exact) mass is 301 g/mol. The molecule has 0 amide bonds. The van der Waals surface area contributed by atoms with E-state index in [9.17, 15) is 0 Å². The van der Waals surface area contributed by atoms with Crippen LogP contribution in [0.5, 0.6) is 0 Å². The Morgan fingerprint density at radius 3 is 2.64 bits per heavy atom. The second kappa shape index (κ2) is 7.08. The molecule has 0 bridgehead atoms. The lowest BCUT2D eigenvalue weighted by Crippen LogP contribution is -2.46. The zero-order valence-corrected chi connectivity index (χ0v) is 14.8. The van der Waals surface area contributed by atoms with Gasteiger partial charge in [0.2, 0.25) is 0 Å². The van der Waals surface area contributed by atoms with E-state index in [2.05, 4.69) is 67.7 Å². The largest absolute Gasteiger partial charge is 0.385 e. The Labute approximate surface area is 136 Å². The summed E-state index contributed by atoms with van der Waals surface area (Å²) in [4.78, 5) is 5.00. The highest BCUT2D eigenvalue weighted by atomic mass is 15.4. The highest BCUT2D eigenvalue weighted by molar-refractivity contribution is 5.78. The van der Waals surface area contributed by atoms with Gasteiger partial charge in [-0.3, -0.25) is 0 Å². The summed E-state index contributed by atoms with van der Waals surface area (Å²) in [6.07, 6.45) is 3.93. The molecule has 1 N–H and O–H groups in total. The fraction of sp³-hybridized carbons (Fsp3) is 0.579. The SMILES string of the molecule is C=C(C)NC(C)CN1c2cc(CC)ccc2N(C)C1CCC. The molecular weight excluding hydrogens is 270 g/mol. The highest BCUT2D eigenvalue weighted by Crippen LogP contribution is 2.40. The van der Waals surface area contributed by atoms with Gasteiger partial charge in [0.25, 0.3) is 0 Å². The van der Waals surface area contributed by atoms with E-state index >= 15 is 0 Å². The summed E-state index contributed by atoms with van der Waals surface area (Å²) in [5, 5.41) is 3.45. The van der Waals surface area contributed by atoms with Crippen molar-refractivity contribution in [1.82, 2.24) is 5.32 Å². The molecule has 3 heteroatoms. The fourth-order valence-corrected chi connectivity index (χ4v) is 3.44. The van der Waals surface area contributed by atoms with Crippen molar-refractivity contribution in [1.29, 1.82) is 0 Å². The summed E-state index contributed by atoms with van der Waals surface area (Å²) in [5.41, 5.74) is 5.19. The van der Waals surface area contributed by atoms with Crippen LogP contribution in [0.15, 0.2) is 30.5 Å². The zero-order valence-electron chi connectivity index (χ0n) is 14.8. The van der Waals surface area contributed by atoms with E-state index in [0.29, 0.717) is 12.2 Å². The topological polar surface area (TPSA) is 18.5 Å². The van der Waals surface area contributed by atoms with Crippen molar-refractivity contribution in [2.24, 2.45) is 0 Å². The van der Waals surface area contributed by atoms with Crippen LogP contribution in [0.4, 0.5) is 11.4 Å². The van der Waals surface area contributed by atoms with Gasteiger partial charge >= 0.3 is 0 Å². The Balaban J connectivity index is 2.29. The third-order valence-corrected chi connectivity index (χ3v) is 4.45. The van der Waals surface area contributed by atoms with Crippen LogP contribution in [0, 0.1) is 0 Å². The average Bonchev–Trinajstić information content (AvgIpc) is 2.72. The average molecular weight is 301 g/mol. The molecule has 2 atom stereocenters. The van der Waals surface area contributed by atoms with Gasteiger partial charge in [0.05, 0.1) is 11.4 Å². The molecule has 22 heavy (non-hydrogen) atoms. The van der Waals surface area contributed by atoms with Crippen LogP contribution in [-0.2, 0) is 6.42 Å². The number of hydrogen-bond acceptors (Lipinski definition) is 3. The van der Waals surface area contributed by atoms with Gasteiger partial charge in [-0.25, -0.2) is 0 Å². The number of allylic oxidation sites excluding steroid dienone is 1. The normalized spacial score (nSPS) is 18.3. The van der Waals surface area contributed by atoms with Crippen LogP contribution in [-0.4, -0.2) is 25.8 Å². The summed E-state index contributed by atoms with van der Waals surface area (Å²) < 4.78 is 0. The first-order valence-electron chi connectivity index (χ1n) is 8.52. The maximum absolute atomic E-state index is 3.97. The van der Waals surface area contributed by atoms with Gasteiger partial charge in [-0.2, -0.15) is 0 Å². The number of nitrogens with one attached hydrogen (secondary N) is 1. The summed E-state index contributed by atoms with van der Waals surface area (Å²) in [6.45, 7) is 13.7. The van der Waals surface area contributed by atoms with Crippen LogP contribution in [0.25, 0.3) is 0 Å². The molecule has 1 heterocycles. The van der Waals surface area contributed by atoms with Crippen molar-refractivity contribution in [3.63, 3.8) is 0 Å². The van der Waals surface area contributed by atoms with Gasteiger partial charge in [-0.05, 0) is 44.4 Å². The first kappa shape index (κ1) is 16.7. The Morgan fingerprint density at radius 2 is 2.05 bits per heavy atom. The molecule has 0 spiro atoms. The van der Waals surface area contributed by atoms with Crippen molar-refractivity contribution in [2.45, 2.75) is 59.2 Å². The van der Waals surface area contributed by atoms with Crippen LogP contribution in [0.3, 0.4) is 0 Å². The number of fused-ring (bicyclic) bond motifs is 1. The Hall–Kier alpha value is -1.64. The Bertz CT molecular complexity index is 523. The molecule has 0 aromatic heterocycles. The zero-order chi connectivity index (χ0) is 16.3. The van der Waals surface area contributed by atoms with Crippen LogP contribution in [0.2, 0.25) is 0 Å². The fourth-order valence-electron chi connectivity index (χ4n) is 3.44. The van der Waals surface area contributed by atoms with Crippen molar-refractivity contribution in [3.05, 3.63) is 36.0 Å². The molecule has 1 aromatic rings. The predicted octanol–water partition coefficient (Wildman–Crippen LogP) is 4.14. The summed E-state index contributed by atoms with van der Waals surface area (Å²) >= 11 is 0. The lowest BCUT2D eigenvalue weighted by atomic mass is 10.1. The number of aryl methyl sites for hydroxylation is 1. The van der Waals surface area contributed by atoms with Crippen molar-refractivity contribution in [3.8, 4) is 0 Å². The molecule has 0 fully saturated rings. The molecular formula is C19H31N3. The lowest BCUT2D eigenvalue weighted by molar-refractivity contribution is 0.512. The number of rotatable bonds is 7. The van der Waals surface area contributed by atoms with E-state index in [1.54, 1.807) is 0 Å². The molecule has 1 aromatic carbocycles. The van der Waals surface area contributed by atoms with E-state index in [0.717, 1.165) is 18.7 Å². The molecule has 122 valence electrons. The first-order chi connectivity index (χ1) is 10.5. The summed E-state index contributed by atoms with van der Waals surface area (Å²) in [6, 6.07) is 7.31. The minimum Gasteiger partial charge on any atom is -0.385 e. The Morgan fingerprint density at radius 1 is 1.32 bits per heavy atom. The van der Waals surface area contributed by atoms with Crippen LogP contribution >= 0.6 is 0 Å². The van der Waals surface area contributed by atoms with E-state index < -0.39 is 0 Å². The van der Waals surface area contributed by atoms with E-state index in [4.69, 9.17) is 0 Å². The predicted molar refractivity (Wildman–Crippen MR) is 97.7 cm³/mol. The van der Waals surface area contributed by atoms with E-state index in [1.807, 2.05) is 6.92 Å². The quantitative estimate of drug-likeness (QED) is 0.816. The number of hydrogen-bond donors (Lipinski definition) is 1. The third kappa shape index (κ3) is 3.40. The maximum atomic E-state index is 3.97. The van der Waals surface area contributed by atoms with Gasteiger partial charge in [0.15, 0.2) is 0 Å². The molecule has 2 rings (SSSR count). The van der Waals surface area contributed by atoms with Crippen molar-refractivity contribution >= 4 is 11.4 Å². The molecule has 0 radical (unpaired) electrons. The van der Waals surface area contributed by atoms with Crippen LogP contribution < -0.4 is 15.1 Å². The van der Waals surface area contributed by atoms with Gasteiger partial charge in [0.1, 0.15) is 6.17 Å². The molecule has 2 unspecified atom stereocenters. The molecule has 1 aliphatic heterocycles. The number of anilines is 2. The minimum absolute atomic E-state index is 0.390. The van der Waals surface area contributed by atoms with E-state index in [1.165, 1.54) is 29.8 Å². The Kier molecular flexibility index (Phi) is 5.38. The molecule has 0 saturated heterocycles. The van der Waals surface area contributed by atoms with Gasteiger partial charge in [-0.1, -0.05) is 32.9 Å². The first-order valence-corrected chi connectivity index (χ1v) is 8.52. The molecule has 0 saturated carbocycles. The van der Waals surface area contributed by atoms with Crippen LogP contribution in [0.1, 0.15) is 46.1 Å². The minimum atomic E-state index is 0.390. The number of nitrogens with zero attached hydrogens (tertiary/aromatic N) is 2. The highest BCUT2D eigenvalue weighted by Gasteiger charge is 2.33. The van der Waals surface area contributed by atoms with Crippen molar-refractivity contribution in [2.75, 3.05) is 23.4 Å². The van der Waals surface area contributed by atoms with Gasteiger partial charge in [-0.15, -0.1) is 0 Å². The maximum Gasteiger partial charge on any atom is 0.101 e. The second-order valence-electron chi connectivity index (χ2n) is 6.53. The second-order valence-corrected chi connectivity index (χ2v) is 6.53.